The molecule has 2 fully saturated rings. The van der Waals surface area contributed by atoms with Crippen LogP contribution >= 0.6 is 0 Å². The molecule has 0 aliphatic carbocycles. The number of ether oxygens (including phenoxy) is 1. The number of hydrogen-bond donors (Lipinski definition) is 0. The van der Waals surface area contributed by atoms with Gasteiger partial charge in [0.05, 0.1) is 13.0 Å². The Balaban J connectivity index is 1.81. The molecule has 7 heteroatoms. The van der Waals surface area contributed by atoms with Gasteiger partial charge in [-0.05, 0) is 38.8 Å². The van der Waals surface area contributed by atoms with Gasteiger partial charge in [0, 0.05) is 18.6 Å². The van der Waals surface area contributed by atoms with E-state index in [2.05, 4.69) is 16.6 Å². The second-order valence-electron chi connectivity index (χ2n) is 6.05. The van der Waals surface area contributed by atoms with E-state index >= 15 is 0 Å². The monoisotopic (exact) mass is 322 g/mol. The van der Waals surface area contributed by atoms with Gasteiger partial charge in [-0.15, -0.1) is 0 Å². The molecule has 2 saturated heterocycles. The quantitative estimate of drug-likeness (QED) is 0.704. The second-order valence-corrected chi connectivity index (χ2v) is 6.05. The predicted octanol–water partition coefficient (Wildman–Crippen LogP) is 2.43. The number of alkyl halides is 3. The first-order chi connectivity index (χ1) is 10.4. The molecule has 0 saturated carbocycles. The zero-order valence-electron chi connectivity index (χ0n) is 13.1. The van der Waals surface area contributed by atoms with Crippen LogP contribution in [-0.2, 0) is 9.53 Å². The lowest BCUT2D eigenvalue weighted by Crippen LogP contribution is -2.48. The van der Waals surface area contributed by atoms with Crippen LogP contribution in [0.15, 0.2) is 0 Å². The van der Waals surface area contributed by atoms with E-state index in [1.165, 1.54) is 0 Å². The fourth-order valence-electron chi connectivity index (χ4n) is 3.67. The van der Waals surface area contributed by atoms with Crippen LogP contribution in [0.5, 0.6) is 0 Å². The smallest absolute Gasteiger partial charge is 0.372 e. The highest BCUT2D eigenvalue weighted by Crippen LogP contribution is 2.30. The number of carbonyl (C=O) groups is 1. The predicted molar refractivity (Wildman–Crippen MR) is 76.5 cm³/mol. The average Bonchev–Trinajstić information content (AvgIpc) is 3.09. The van der Waals surface area contributed by atoms with E-state index in [0.717, 1.165) is 45.3 Å². The fraction of sp³-hybridized carbons (Fsp3) is 0.933. The van der Waals surface area contributed by atoms with Gasteiger partial charge in [-0.3, -0.25) is 9.69 Å². The average molecular weight is 322 g/mol. The fourth-order valence-corrected chi connectivity index (χ4v) is 3.67. The Morgan fingerprint density at radius 3 is 2.55 bits per heavy atom. The third kappa shape index (κ3) is 4.59. The van der Waals surface area contributed by atoms with Crippen LogP contribution in [0.1, 0.15) is 39.0 Å². The lowest BCUT2D eigenvalue weighted by Gasteiger charge is -2.34. The topological polar surface area (TPSA) is 32.8 Å². The Labute approximate surface area is 129 Å². The molecule has 0 unspecified atom stereocenters. The Bertz CT molecular complexity index is 376. The van der Waals surface area contributed by atoms with Crippen LogP contribution in [0.2, 0.25) is 0 Å². The summed E-state index contributed by atoms with van der Waals surface area (Å²) in [6, 6.07) is 0.630. The van der Waals surface area contributed by atoms with Crippen molar-refractivity contribution in [2.75, 3.05) is 32.8 Å². The number of rotatable bonds is 6. The zero-order chi connectivity index (χ0) is 16.2. The highest BCUT2D eigenvalue weighted by atomic mass is 19.4. The van der Waals surface area contributed by atoms with Crippen molar-refractivity contribution < 1.29 is 22.7 Å². The number of halogens is 3. The first-order valence-corrected chi connectivity index (χ1v) is 8.10. The summed E-state index contributed by atoms with van der Waals surface area (Å²) in [4.78, 5) is 16.6. The lowest BCUT2D eigenvalue weighted by atomic mass is 10.0. The van der Waals surface area contributed by atoms with Crippen LogP contribution in [0.25, 0.3) is 0 Å². The van der Waals surface area contributed by atoms with Crippen molar-refractivity contribution in [1.82, 2.24) is 9.80 Å². The molecule has 0 bridgehead atoms. The van der Waals surface area contributed by atoms with Crippen molar-refractivity contribution in [3.05, 3.63) is 0 Å². The molecule has 0 radical (unpaired) electrons. The van der Waals surface area contributed by atoms with Gasteiger partial charge >= 0.3 is 6.18 Å². The van der Waals surface area contributed by atoms with Gasteiger partial charge in [0.15, 0.2) is 0 Å². The minimum Gasteiger partial charge on any atom is -0.372 e. The van der Waals surface area contributed by atoms with E-state index in [1.54, 1.807) is 0 Å². The number of likely N-dealkylation sites (N-methyl/N-ethyl adjacent to an activating group) is 1. The first-order valence-electron chi connectivity index (χ1n) is 8.10. The molecule has 0 aromatic carbocycles. The Morgan fingerprint density at radius 1 is 1.18 bits per heavy atom. The molecular weight excluding hydrogens is 297 g/mol. The molecule has 2 heterocycles. The number of carbonyl (C=O) groups excluding carboxylic acids is 1. The maximum atomic E-state index is 12.3. The second kappa shape index (κ2) is 7.64. The molecule has 2 atom stereocenters. The zero-order valence-corrected chi connectivity index (χ0v) is 13.1. The minimum absolute atomic E-state index is 0.0332. The summed E-state index contributed by atoms with van der Waals surface area (Å²) < 4.78 is 40.6. The third-order valence-corrected chi connectivity index (χ3v) is 4.61. The molecular formula is C15H25F3N2O2. The normalized spacial score (nSPS) is 26.8. The molecule has 1 amide bonds. The van der Waals surface area contributed by atoms with Crippen molar-refractivity contribution >= 4 is 5.91 Å². The van der Waals surface area contributed by atoms with Crippen molar-refractivity contribution in [3.8, 4) is 0 Å². The van der Waals surface area contributed by atoms with Crippen LogP contribution < -0.4 is 0 Å². The first kappa shape index (κ1) is 17.5. The van der Waals surface area contributed by atoms with Crippen LogP contribution in [0, 0.1) is 0 Å². The van der Waals surface area contributed by atoms with Crippen molar-refractivity contribution in [2.24, 2.45) is 0 Å². The molecule has 0 N–H and O–H groups in total. The Morgan fingerprint density at radius 2 is 1.86 bits per heavy atom. The highest BCUT2D eigenvalue weighted by Gasteiger charge is 2.38. The van der Waals surface area contributed by atoms with Crippen molar-refractivity contribution in [3.63, 3.8) is 0 Å². The number of amides is 1. The van der Waals surface area contributed by atoms with E-state index in [4.69, 9.17) is 0 Å². The summed E-state index contributed by atoms with van der Waals surface area (Å²) in [6.45, 7) is 3.47. The molecule has 4 nitrogen and oxygen atoms in total. The molecule has 0 aromatic heterocycles. The summed E-state index contributed by atoms with van der Waals surface area (Å²) in [7, 11) is 0. The maximum absolute atomic E-state index is 12.3. The molecule has 128 valence electrons. The molecule has 2 aliphatic heterocycles. The highest BCUT2D eigenvalue weighted by molar-refractivity contribution is 5.77. The molecule has 2 aliphatic rings. The Kier molecular flexibility index (Phi) is 6.09. The Hall–Kier alpha value is -0.820. The van der Waals surface area contributed by atoms with E-state index < -0.39 is 12.8 Å². The summed E-state index contributed by atoms with van der Waals surface area (Å²) in [6.07, 6.45) is -0.0566. The summed E-state index contributed by atoms with van der Waals surface area (Å²) in [5.41, 5.74) is 0. The van der Waals surface area contributed by atoms with Gasteiger partial charge < -0.3 is 9.64 Å². The van der Waals surface area contributed by atoms with E-state index in [1.807, 2.05) is 4.90 Å². The van der Waals surface area contributed by atoms with Crippen molar-refractivity contribution in [2.45, 2.75) is 57.3 Å². The van der Waals surface area contributed by atoms with E-state index in [9.17, 15) is 18.0 Å². The van der Waals surface area contributed by atoms with E-state index in [-0.39, 0.29) is 25.0 Å². The van der Waals surface area contributed by atoms with Gasteiger partial charge in [0.25, 0.3) is 0 Å². The maximum Gasteiger partial charge on any atom is 0.411 e. The SMILES string of the molecule is CCN1CCC[C@H]1[C@H]1CCCN1C(=O)CCOCC(F)(F)F. The van der Waals surface area contributed by atoms with Crippen LogP contribution in [-0.4, -0.2) is 66.8 Å². The summed E-state index contributed by atoms with van der Waals surface area (Å²) >= 11 is 0. The molecule has 0 spiro atoms. The number of likely N-dealkylation sites (tertiary alicyclic amines) is 2. The molecule has 2 rings (SSSR count). The standard InChI is InChI=1S/C15H25F3N2O2/c1-2-19-8-3-5-12(19)13-6-4-9-20(13)14(21)7-10-22-11-15(16,17)18/h12-13H,2-11H2,1H3/t12-,13+/m0/s1. The lowest BCUT2D eigenvalue weighted by molar-refractivity contribution is -0.175. The molecule has 22 heavy (non-hydrogen) atoms. The van der Waals surface area contributed by atoms with Gasteiger partial charge in [0.2, 0.25) is 5.91 Å². The van der Waals surface area contributed by atoms with Crippen LogP contribution in [0.4, 0.5) is 13.2 Å². The minimum atomic E-state index is -4.33. The van der Waals surface area contributed by atoms with Gasteiger partial charge in [-0.2, -0.15) is 13.2 Å². The van der Waals surface area contributed by atoms with Gasteiger partial charge in [0.1, 0.15) is 6.61 Å². The summed E-state index contributed by atoms with van der Waals surface area (Å²) in [5.74, 6) is -0.0763. The van der Waals surface area contributed by atoms with E-state index in [0.29, 0.717) is 6.04 Å². The van der Waals surface area contributed by atoms with Gasteiger partial charge in [-0.25, -0.2) is 0 Å². The van der Waals surface area contributed by atoms with Gasteiger partial charge in [-0.1, -0.05) is 6.92 Å². The van der Waals surface area contributed by atoms with Crippen molar-refractivity contribution in [1.29, 1.82) is 0 Å². The number of nitrogens with zero attached hydrogens (tertiary/aromatic N) is 2. The molecule has 0 aromatic rings. The largest absolute Gasteiger partial charge is 0.411 e. The third-order valence-electron chi connectivity index (χ3n) is 4.61. The number of hydrogen-bond acceptors (Lipinski definition) is 3. The van der Waals surface area contributed by atoms with Crippen LogP contribution in [0.3, 0.4) is 0 Å². The summed E-state index contributed by atoms with van der Waals surface area (Å²) in [5, 5.41) is 0.